The van der Waals surface area contributed by atoms with E-state index in [2.05, 4.69) is 5.32 Å². The second-order valence-corrected chi connectivity index (χ2v) is 7.10. The van der Waals surface area contributed by atoms with Crippen LogP contribution in [0.5, 0.6) is 0 Å². The Kier molecular flexibility index (Phi) is 6.32. The van der Waals surface area contributed by atoms with E-state index in [9.17, 15) is 14.7 Å². The predicted molar refractivity (Wildman–Crippen MR) is 80.7 cm³/mol. The van der Waals surface area contributed by atoms with Gasteiger partial charge in [-0.1, -0.05) is 13.8 Å². The highest BCUT2D eigenvalue weighted by molar-refractivity contribution is 8.00. The van der Waals surface area contributed by atoms with Crippen molar-refractivity contribution in [3.63, 3.8) is 0 Å². The Morgan fingerprint density at radius 3 is 2.58 bits per heavy atom. The van der Waals surface area contributed by atoms with E-state index in [0.29, 0.717) is 5.75 Å². The molecule has 0 aliphatic carbocycles. The monoisotopic (exact) mass is 306 g/mol. The van der Waals surface area contributed by atoms with Crippen LogP contribution in [0.3, 0.4) is 0 Å². The van der Waals surface area contributed by atoms with Gasteiger partial charge in [0.2, 0.25) is 0 Å². The zero-order valence-electron chi connectivity index (χ0n) is 11.8. The highest BCUT2D eigenvalue weighted by Gasteiger charge is 2.43. The molecule has 2 N–H and O–H groups in total. The van der Waals surface area contributed by atoms with Crippen molar-refractivity contribution >= 4 is 35.5 Å². The molecule has 1 saturated heterocycles. The van der Waals surface area contributed by atoms with Crippen LogP contribution in [-0.4, -0.2) is 57.2 Å². The number of hydrogen-bond donors (Lipinski definition) is 2. The van der Waals surface area contributed by atoms with Crippen molar-refractivity contribution in [2.24, 2.45) is 5.92 Å². The topological polar surface area (TPSA) is 69.6 Å². The lowest BCUT2D eigenvalue weighted by molar-refractivity contribution is -0.141. The maximum atomic E-state index is 12.3. The Balaban J connectivity index is 2.77. The van der Waals surface area contributed by atoms with Gasteiger partial charge in [-0.2, -0.15) is 11.8 Å². The van der Waals surface area contributed by atoms with Crippen molar-refractivity contribution in [2.45, 2.75) is 38.2 Å². The summed E-state index contributed by atoms with van der Waals surface area (Å²) in [6.45, 7) is 5.94. The van der Waals surface area contributed by atoms with Crippen LogP contribution in [0.4, 0.5) is 4.79 Å². The Labute approximate surface area is 122 Å². The van der Waals surface area contributed by atoms with Gasteiger partial charge in [-0.05, 0) is 19.1 Å². The van der Waals surface area contributed by atoms with Crippen LogP contribution in [0, 0.1) is 5.92 Å². The van der Waals surface area contributed by atoms with E-state index in [1.165, 1.54) is 4.90 Å². The van der Waals surface area contributed by atoms with Gasteiger partial charge in [0.1, 0.15) is 6.04 Å². The summed E-state index contributed by atoms with van der Waals surface area (Å²) in [7, 11) is 0. The summed E-state index contributed by atoms with van der Waals surface area (Å²) < 4.78 is 0. The van der Waals surface area contributed by atoms with E-state index in [1.54, 1.807) is 23.5 Å². The first kappa shape index (κ1) is 16.5. The number of amides is 2. The van der Waals surface area contributed by atoms with Gasteiger partial charge in [0, 0.05) is 17.5 Å². The molecule has 2 amide bonds. The first-order valence-corrected chi connectivity index (χ1v) is 8.74. The molecule has 0 radical (unpaired) electrons. The summed E-state index contributed by atoms with van der Waals surface area (Å²) in [6.07, 6.45) is 1.98. The van der Waals surface area contributed by atoms with Crippen molar-refractivity contribution in [1.82, 2.24) is 10.2 Å². The lowest BCUT2D eigenvalue weighted by Gasteiger charge is -2.30. The number of carbonyl (C=O) groups is 2. The summed E-state index contributed by atoms with van der Waals surface area (Å²) in [5.74, 6) is 0.582. The van der Waals surface area contributed by atoms with Crippen LogP contribution >= 0.6 is 23.5 Å². The number of rotatable bonds is 5. The minimum atomic E-state index is -0.927. The minimum absolute atomic E-state index is 0.0374. The normalized spacial score (nSPS) is 24.6. The second-order valence-electron chi connectivity index (χ2n) is 5.04. The standard InChI is InChI=1S/C12H22N2O3S2/c1-7(2)10-14(9(6-19-10)11(15)16)12(17)13-8(3)5-18-4/h7-10H,5-6H2,1-4H3,(H,13,17)(H,15,16). The molecule has 0 bridgehead atoms. The van der Waals surface area contributed by atoms with Gasteiger partial charge in [0.15, 0.2) is 0 Å². The molecule has 1 fully saturated rings. The molecule has 1 aliphatic heterocycles. The summed E-state index contributed by atoms with van der Waals surface area (Å²) >= 11 is 3.20. The molecule has 3 atom stereocenters. The van der Waals surface area contributed by atoms with Gasteiger partial charge in [-0.25, -0.2) is 9.59 Å². The fourth-order valence-corrected chi connectivity index (χ4v) is 4.12. The van der Waals surface area contributed by atoms with E-state index in [1.807, 2.05) is 27.0 Å². The van der Waals surface area contributed by atoms with Gasteiger partial charge < -0.3 is 10.4 Å². The maximum absolute atomic E-state index is 12.3. The first-order chi connectivity index (χ1) is 8.88. The molecular formula is C12H22N2O3S2. The lowest BCUT2D eigenvalue weighted by Crippen LogP contribution is -2.53. The van der Waals surface area contributed by atoms with Crippen LogP contribution < -0.4 is 5.32 Å². The summed E-state index contributed by atoms with van der Waals surface area (Å²) in [6, 6.07) is -0.952. The SMILES string of the molecule is CSCC(C)NC(=O)N1C(C(=O)O)CSC1C(C)C. The maximum Gasteiger partial charge on any atom is 0.327 e. The number of aliphatic carboxylic acids is 1. The predicted octanol–water partition coefficient (Wildman–Crippen LogP) is 1.93. The number of carboxylic acids is 1. The second kappa shape index (κ2) is 7.28. The molecule has 0 aromatic carbocycles. The van der Waals surface area contributed by atoms with Crippen LogP contribution in [0.1, 0.15) is 20.8 Å². The molecule has 5 nitrogen and oxygen atoms in total. The molecule has 1 aliphatic rings. The minimum Gasteiger partial charge on any atom is -0.480 e. The average Bonchev–Trinajstić information content (AvgIpc) is 2.73. The van der Waals surface area contributed by atoms with Crippen molar-refractivity contribution in [2.75, 3.05) is 17.8 Å². The fourth-order valence-electron chi connectivity index (χ4n) is 2.07. The molecule has 0 aromatic rings. The van der Waals surface area contributed by atoms with Crippen molar-refractivity contribution in [3.05, 3.63) is 0 Å². The summed E-state index contributed by atoms with van der Waals surface area (Å²) in [5, 5.41) is 12.0. The van der Waals surface area contributed by atoms with E-state index in [4.69, 9.17) is 0 Å². The summed E-state index contributed by atoms with van der Waals surface area (Å²) in [5.41, 5.74) is 0. The van der Waals surface area contributed by atoms with E-state index in [-0.39, 0.29) is 23.4 Å². The Morgan fingerprint density at radius 1 is 1.47 bits per heavy atom. The third kappa shape index (κ3) is 4.21. The number of nitrogens with one attached hydrogen (secondary N) is 1. The zero-order chi connectivity index (χ0) is 14.6. The molecule has 1 heterocycles. The quantitative estimate of drug-likeness (QED) is 0.812. The van der Waals surface area contributed by atoms with Gasteiger partial charge in [0.25, 0.3) is 0 Å². The molecular weight excluding hydrogens is 284 g/mol. The molecule has 19 heavy (non-hydrogen) atoms. The van der Waals surface area contributed by atoms with Gasteiger partial charge in [0.05, 0.1) is 5.37 Å². The third-order valence-corrected chi connectivity index (χ3v) is 5.37. The largest absolute Gasteiger partial charge is 0.480 e. The van der Waals surface area contributed by atoms with Gasteiger partial charge >= 0.3 is 12.0 Å². The molecule has 0 aromatic heterocycles. The van der Waals surface area contributed by atoms with Crippen LogP contribution in [0.15, 0.2) is 0 Å². The van der Waals surface area contributed by atoms with E-state index in [0.717, 1.165) is 5.75 Å². The number of thioether (sulfide) groups is 2. The lowest BCUT2D eigenvalue weighted by atomic mass is 10.1. The average molecular weight is 306 g/mol. The molecule has 0 spiro atoms. The molecule has 1 rings (SSSR count). The van der Waals surface area contributed by atoms with Crippen LogP contribution in [-0.2, 0) is 4.79 Å². The van der Waals surface area contributed by atoms with Crippen molar-refractivity contribution in [1.29, 1.82) is 0 Å². The fraction of sp³-hybridized carbons (Fsp3) is 0.833. The number of hydrogen-bond acceptors (Lipinski definition) is 4. The highest BCUT2D eigenvalue weighted by atomic mass is 32.2. The first-order valence-electron chi connectivity index (χ1n) is 6.30. The smallest absolute Gasteiger partial charge is 0.327 e. The summed E-state index contributed by atoms with van der Waals surface area (Å²) in [4.78, 5) is 25.0. The Bertz CT molecular complexity index is 339. The third-order valence-electron chi connectivity index (χ3n) is 2.91. The van der Waals surface area contributed by atoms with Crippen LogP contribution in [0.2, 0.25) is 0 Å². The number of urea groups is 1. The molecule has 0 saturated carbocycles. The number of carboxylic acid groups (broad SMARTS) is 1. The van der Waals surface area contributed by atoms with Gasteiger partial charge in [-0.3, -0.25) is 4.90 Å². The number of nitrogens with zero attached hydrogens (tertiary/aromatic N) is 1. The Hall–Kier alpha value is -0.560. The van der Waals surface area contributed by atoms with E-state index < -0.39 is 12.0 Å². The van der Waals surface area contributed by atoms with Crippen molar-refractivity contribution in [3.8, 4) is 0 Å². The highest BCUT2D eigenvalue weighted by Crippen LogP contribution is 2.34. The molecule has 110 valence electrons. The number of carbonyl (C=O) groups excluding carboxylic acids is 1. The Morgan fingerprint density at radius 2 is 2.11 bits per heavy atom. The van der Waals surface area contributed by atoms with Crippen LogP contribution in [0.25, 0.3) is 0 Å². The van der Waals surface area contributed by atoms with Gasteiger partial charge in [-0.15, -0.1) is 11.8 Å². The van der Waals surface area contributed by atoms with E-state index >= 15 is 0 Å². The molecule has 3 unspecified atom stereocenters. The molecule has 7 heteroatoms. The zero-order valence-corrected chi connectivity index (χ0v) is 13.4. The van der Waals surface area contributed by atoms with Crippen molar-refractivity contribution < 1.29 is 14.7 Å².